The number of hydrogen-bond acceptors (Lipinski definition) is 3. The number of aromatic nitrogens is 3. The molecule has 0 bridgehead atoms. The van der Waals surface area contributed by atoms with E-state index in [4.69, 9.17) is 0 Å². The van der Waals surface area contributed by atoms with Crippen LogP contribution in [0.2, 0.25) is 0 Å². The lowest BCUT2D eigenvalue weighted by atomic mass is 10.3. The standard InChI is InChI=1S/C13H14N4OS/c1-10-8-11(19-9-10)13(18)14-4-5-16-6-7-17-12(16)2-3-15-17/h2-3,6-9H,4-5H2,1H3,(H,14,18). The quantitative estimate of drug-likeness (QED) is 0.790. The number of hydrogen-bond donors (Lipinski definition) is 1. The Morgan fingerprint density at radius 3 is 3.16 bits per heavy atom. The minimum Gasteiger partial charge on any atom is -0.350 e. The van der Waals surface area contributed by atoms with E-state index in [9.17, 15) is 4.79 Å². The van der Waals surface area contributed by atoms with Crippen molar-refractivity contribution in [3.63, 3.8) is 0 Å². The Kier molecular flexibility index (Phi) is 3.08. The number of amides is 1. The number of imidazole rings is 1. The molecule has 0 fully saturated rings. The van der Waals surface area contributed by atoms with E-state index in [1.807, 2.05) is 41.3 Å². The van der Waals surface area contributed by atoms with Gasteiger partial charge in [0.2, 0.25) is 0 Å². The second-order valence-corrected chi connectivity index (χ2v) is 5.28. The Morgan fingerprint density at radius 2 is 2.37 bits per heavy atom. The number of nitrogens with zero attached hydrogens (tertiary/aromatic N) is 3. The van der Waals surface area contributed by atoms with Crippen molar-refractivity contribution >= 4 is 22.9 Å². The molecule has 0 aliphatic carbocycles. The van der Waals surface area contributed by atoms with Gasteiger partial charge in [0, 0.05) is 31.5 Å². The molecule has 0 aromatic carbocycles. The number of thiophene rings is 1. The van der Waals surface area contributed by atoms with E-state index in [0.717, 1.165) is 22.6 Å². The van der Waals surface area contributed by atoms with Crippen LogP contribution in [0, 0.1) is 6.92 Å². The highest BCUT2D eigenvalue weighted by Gasteiger charge is 2.07. The van der Waals surface area contributed by atoms with Gasteiger partial charge in [0.1, 0.15) is 5.65 Å². The van der Waals surface area contributed by atoms with Crippen LogP contribution >= 0.6 is 11.3 Å². The van der Waals surface area contributed by atoms with E-state index in [2.05, 4.69) is 15.0 Å². The summed E-state index contributed by atoms with van der Waals surface area (Å²) in [6.45, 7) is 3.33. The van der Waals surface area contributed by atoms with E-state index in [-0.39, 0.29) is 5.91 Å². The molecule has 3 rings (SSSR count). The van der Waals surface area contributed by atoms with Crippen molar-refractivity contribution in [1.82, 2.24) is 19.5 Å². The maximum atomic E-state index is 11.9. The first-order valence-corrected chi connectivity index (χ1v) is 6.94. The first-order chi connectivity index (χ1) is 9.24. The van der Waals surface area contributed by atoms with Gasteiger partial charge in [-0.05, 0) is 23.9 Å². The smallest absolute Gasteiger partial charge is 0.261 e. The van der Waals surface area contributed by atoms with Crippen molar-refractivity contribution in [2.45, 2.75) is 13.5 Å². The van der Waals surface area contributed by atoms with Gasteiger partial charge in [0.15, 0.2) is 0 Å². The Bertz CT molecular complexity index is 709. The Hall–Kier alpha value is -2.08. The van der Waals surface area contributed by atoms with Gasteiger partial charge >= 0.3 is 0 Å². The van der Waals surface area contributed by atoms with Crippen molar-refractivity contribution in [1.29, 1.82) is 0 Å². The second-order valence-electron chi connectivity index (χ2n) is 4.37. The van der Waals surface area contributed by atoms with Crippen LogP contribution in [0.3, 0.4) is 0 Å². The van der Waals surface area contributed by atoms with E-state index < -0.39 is 0 Å². The second kappa shape index (κ2) is 4.89. The van der Waals surface area contributed by atoms with E-state index in [0.29, 0.717) is 6.54 Å². The molecular formula is C13H14N4OS. The van der Waals surface area contributed by atoms with Crippen LogP contribution in [-0.4, -0.2) is 26.6 Å². The number of nitrogens with one attached hydrogen (secondary N) is 1. The third kappa shape index (κ3) is 2.39. The highest BCUT2D eigenvalue weighted by Crippen LogP contribution is 2.13. The third-order valence-electron chi connectivity index (χ3n) is 2.92. The summed E-state index contributed by atoms with van der Waals surface area (Å²) in [6.07, 6.45) is 5.63. The van der Waals surface area contributed by atoms with Crippen LogP contribution in [0.5, 0.6) is 0 Å². The molecule has 0 spiro atoms. The Balaban J connectivity index is 1.59. The minimum absolute atomic E-state index is 0.00483. The van der Waals surface area contributed by atoms with Gasteiger partial charge in [-0.15, -0.1) is 11.3 Å². The van der Waals surface area contributed by atoms with E-state index in [1.54, 1.807) is 6.20 Å². The predicted molar refractivity (Wildman–Crippen MR) is 74.6 cm³/mol. The maximum absolute atomic E-state index is 11.9. The zero-order valence-corrected chi connectivity index (χ0v) is 11.4. The van der Waals surface area contributed by atoms with Gasteiger partial charge in [0.05, 0.1) is 11.1 Å². The van der Waals surface area contributed by atoms with Crippen LogP contribution in [0.4, 0.5) is 0 Å². The number of carbonyl (C=O) groups excluding carboxylic acids is 1. The van der Waals surface area contributed by atoms with Crippen LogP contribution in [-0.2, 0) is 6.54 Å². The van der Waals surface area contributed by atoms with Crippen molar-refractivity contribution in [2.75, 3.05) is 6.54 Å². The normalized spacial score (nSPS) is 11.0. The fraction of sp³-hybridized carbons (Fsp3) is 0.231. The summed E-state index contributed by atoms with van der Waals surface area (Å²) >= 11 is 1.48. The molecule has 0 radical (unpaired) electrons. The fourth-order valence-electron chi connectivity index (χ4n) is 1.99. The van der Waals surface area contributed by atoms with Gasteiger partial charge in [-0.25, -0.2) is 4.52 Å². The summed E-state index contributed by atoms with van der Waals surface area (Å²) in [5.41, 5.74) is 2.16. The topological polar surface area (TPSA) is 51.3 Å². The Labute approximate surface area is 114 Å². The summed E-state index contributed by atoms with van der Waals surface area (Å²) in [7, 11) is 0. The largest absolute Gasteiger partial charge is 0.350 e. The number of aryl methyl sites for hydroxylation is 1. The average molecular weight is 274 g/mol. The summed E-state index contributed by atoms with van der Waals surface area (Å²) in [5, 5.41) is 9.05. The van der Waals surface area contributed by atoms with Crippen molar-refractivity contribution in [3.05, 3.63) is 46.5 Å². The lowest BCUT2D eigenvalue weighted by Gasteiger charge is -2.05. The molecule has 0 saturated carbocycles. The number of fused-ring (bicyclic) bond motifs is 1. The molecule has 19 heavy (non-hydrogen) atoms. The van der Waals surface area contributed by atoms with E-state index >= 15 is 0 Å². The molecule has 0 aliphatic heterocycles. The van der Waals surface area contributed by atoms with Gasteiger partial charge in [-0.3, -0.25) is 4.79 Å². The maximum Gasteiger partial charge on any atom is 0.261 e. The van der Waals surface area contributed by atoms with Crippen LogP contribution in [0.15, 0.2) is 36.1 Å². The van der Waals surface area contributed by atoms with Crippen molar-refractivity contribution in [3.8, 4) is 0 Å². The molecule has 0 atom stereocenters. The van der Waals surface area contributed by atoms with Crippen LogP contribution in [0.1, 0.15) is 15.2 Å². The van der Waals surface area contributed by atoms with Crippen molar-refractivity contribution < 1.29 is 4.79 Å². The zero-order chi connectivity index (χ0) is 13.2. The van der Waals surface area contributed by atoms with E-state index in [1.165, 1.54) is 11.3 Å². The molecule has 0 unspecified atom stereocenters. The average Bonchev–Trinajstić information content (AvgIpc) is 3.06. The van der Waals surface area contributed by atoms with Crippen molar-refractivity contribution in [2.24, 2.45) is 0 Å². The molecule has 3 aromatic rings. The Morgan fingerprint density at radius 1 is 1.47 bits per heavy atom. The predicted octanol–water partition coefficient (Wildman–Crippen LogP) is 1.94. The monoisotopic (exact) mass is 274 g/mol. The minimum atomic E-state index is -0.00483. The zero-order valence-electron chi connectivity index (χ0n) is 10.5. The van der Waals surface area contributed by atoms with Gasteiger partial charge in [-0.1, -0.05) is 0 Å². The third-order valence-corrected chi connectivity index (χ3v) is 3.97. The number of rotatable bonds is 4. The molecule has 98 valence electrons. The lowest BCUT2D eigenvalue weighted by Crippen LogP contribution is -2.26. The molecular weight excluding hydrogens is 260 g/mol. The molecule has 0 saturated heterocycles. The van der Waals surface area contributed by atoms with Crippen LogP contribution in [0.25, 0.3) is 5.65 Å². The summed E-state index contributed by atoms with van der Waals surface area (Å²) < 4.78 is 3.87. The van der Waals surface area contributed by atoms with Gasteiger partial charge < -0.3 is 9.88 Å². The van der Waals surface area contributed by atoms with Gasteiger partial charge in [0.25, 0.3) is 5.91 Å². The SMILES string of the molecule is Cc1csc(C(=O)NCCn2ccn3nccc23)c1. The molecule has 6 heteroatoms. The highest BCUT2D eigenvalue weighted by molar-refractivity contribution is 7.12. The van der Waals surface area contributed by atoms with Gasteiger partial charge in [-0.2, -0.15) is 5.10 Å². The summed E-state index contributed by atoms with van der Waals surface area (Å²) in [5.74, 6) is -0.00483. The van der Waals surface area contributed by atoms with Crippen LogP contribution < -0.4 is 5.32 Å². The molecule has 1 N–H and O–H groups in total. The molecule has 3 aromatic heterocycles. The lowest BCUT2D eigenvalue weighted by molar-refractivity contribution is 0.0956. The molecule has 5 nitrogen and oxygen atoms in total. The fourth-order valence-corrected chi connectivity index (χ4v) is 2.80. The highest BCUT2D eigenvalue weighted by atomic mass is 32.1. The first kappa shape index (κ1) is 12.0. The summed E-state index contributed by atoms with van der Waals surface area (Å²) in [4.78, 5) is 12.6. The molecule has 3 heterocycles. The summed E-state index contributed by atoms with van der Waals surface area (Å²) in [6, 6.07) is 3.86. The first-order valence-electron chi connectivity index (χ1n) is 6.06. The molecule has 1 amide bonds. The molecule has 0 aliphatic rings. The number of carbonyl (C=O) groups is 1.